The quantitative estimate of drug-likeness (QED) is 0.859. The van der Waals surface area contributed by atoms with Crippen molar-refractivity contribution in [3.05, 3.63) is 47.2 Å². The maximum Gasteiger partial charge on any atom is 0.416 e. The van der Waals surface area contributed by atoms with Crippen LogP contribution in [-0.2, 0) is 6.18 Å². The second kappa shape index (κ2) is 7.36. The summed E-state index contributed by atoms with van der Waals surface area (Å²) in [7, 11) is 0. The first kappa shape index (κ1) is 18.2. The lowest BCUT2D eigenvalue weighted by Gasteiger charge is -2.34. The number of hydrogen-bond acceptors (Lipinski definition) is 4. The van der Waals surface area contributed by atoms with E-state index in [1.54, 1.807) is 18.5 Å². The third-order valence-corrected chi connectivity index (χ3v) is 4.27. The van der Waals surface area contributed by atoms with Gasteiger partial charge in [0.05, 0.1) is 16.3 Å². The first-order valence-corrected chi connectivity index (χ1v) is 8.17. The van der Waals surface area contributed by atoms with Crippen molar-refractivity contribution in [3.63, 3.8) is 0 Å². The Morgan fingerprint density at radius 2 is 1.77 bits per heavy atom. The van der Waals surface area contributed by atoms with E-state index in [2.05, 4.69) is 15.3 Å². The third kappa shape index (κ3) is 4.16. The van der Waals surface area contributed by atoms with Gasteiger partial charge in [0, 0.05) is 38.6 Å². The van der Waals surface area contributed by atoms with Crippen molar-refractivity contribution in [1.82, 2.24) is 14.9 Å². The fourth-order valence-corrected chi connectivity index (χ4v) is 2.72. The third-order valence-electron chi connectivity index (χ3n) is 3.94. The maximum atomic E-state index is 12.8. The average Bonchev–Trinajstić information content (AvgIpc) is 2.63. The number of anilines is 2. The van der Waals surface area contributed by atoms with E-state index in [1.807, 2.05) is 4.90 Å². The summed E-state index contributed by atoms with van der Waals surface area (Å²) in [5.41, 5.74) is -0.941. The molecule has 0 saturated carbocycles. The Hall–Kier alpha value is -2.55. The summed E-state index contributed by atoms with van der Waals surface area (Å²) in [6, 6.07) is 4.03. The summed E-state index contributed by atoms with van der Waals surface area (Å²) in [5, 5.41) is 2.50. The molecule has 138 valence electrons. The Bertz CT molecular complexity index is 779. The summed E-state index contributed by atoms with van der Waals surface area (Å²) in [5.74, 6) is 0.577. The van der Waals surface area contributed by atoms with Gasteiger partial charge in [0.15, 0.2) is 0 Å². The highest BCUT2D eigenvalue weighted by molar-refractivity contribution is 6.33. The predicted octanol–water partition coefficient (Wildman–Crippen LogP) is 3.50. The fraction of sp³-hybridized carbons (Fsp3) is 0.312. The molecule has 2 heterocycles. The first-order chi connectivity index (χ1) is 12.3. The monoisotopic (exact) mass is 385 g/mol. The molecule has 1 aliphatic rings. The minimum atomic E-state index is -4.51. The summed E-state index contributed by atoms with van der Waals surface area (Å²) < 4.78 is 38.4. The molecule has 0 bridgehead atoms. The molecule has 2 aromatic rings. The Labute approximate surface area is 152 Å². The normalized spacial score (nSPS) is 15.1. The zero-order chi connectivity index (χ0) is 18.7. The second-order valence-corrected chi connectivity index (χ2v) is 6.05. The van der Waals surface area contributed by atoms with Crippen molar-refractivity contribution in [2.75, 3.05) is 36.4 Å². The minimum absolute atomic E-state index is 0.0441. The number of benzene rings is 1. The van der Waals surface area contributed by atoms with Gasteiger partial charge >= 0.3 is 12.2 Å². The number of hydrogen-bond donors (Lipinski definition) is 1. The second-order valence-electron chi connectivity index (χ2n) is 5.65. The van der Waals surface area contributed by atoms with Gasteiger partial charge in [-0.05, 0) is 24.3 Å². The van der Waals surface area contributed by atoms with Crippen LogP contribution in [0, 0.1) is 0 Å². The van der Waals surface area contributed by atoms with Crippen LogP contribution in [0.25, 0.3) is 0 Å². The zero-order valence-corrected chi connectivity index (χ0v) is 14.3. The molecule has 0 radical (unpaired) electrons. The lowest BCUT2D eigenvalue weighted by molar-refractivity contribution is -0.137. The van der Waals surface area contributed by atoms with Crippen LogP contribution in [0.15, 0.2) is 36.7 Å². The molecule has 1 N–H and O–H groups in total. The van der Waals surface area contributed by atoms with Gasteiger partial charge < -0.3 is 15.1 Å². The van der Waals surface area contributed by atoms with Crippen LogP contribution in [0.3, 0.4) is 0 Å². The summed E-state index contributed by atoms with van der Waals surface area (Å²) in [6.07, 6.45) is -1.24. The van der Waals surface area contributed by atoms with E-state index in [-0.39, 0.29) is 10.7 Å². The van der Waals surface area contributed by atoms with Crippen molar-refractivity contribution in [2.45, 2.75) is 6.18 Å². The van der Waals surface area contributed by atoms with Gasteiger partial charge in [-0.2, -0.15) is 13.2 Å². The van der Waals surface area contributed by atoms with E-state index in [4.69, 9.17) is 11.6 Å². The molecule has 1 aromatic carbocycles. The molecule has 0 spiro atoms. The first-order valence-electron chi connectivity index (χ1n) is 7.79. The Morgan fingerprint density at radius 1 is 1.12 bits per heavy atom. The summed E-state index contributed by atoms with van der Waals surface area (Å²) in [4.78, 5) is 24.1. The molecule has 1 saturated heterocycles. The van der Waals surface area contributed by atoms with E-state index < -0.39 is 17.8 Å². The smallest absolute Gasteiger partial charge is 0.337 e. The van der Waals surface area contributed by atoms with E-state index in [0.29, 0.717) is 32.1 Å². The highest BCUT2D eigenvalue weighted by Gasteiger charge is 2.31. The minimum Gasteiger partial charge on any atom is -0.337 e. The molecule has 2 amide bonds. The van der Waals surface area contributed by atoms with Gasteiger partial charge in [-0.25, -0.2) is 14.8 Å². The number of halogens is 4. The number of amides is 2. The predicted molar refractivity (Wildman–Crippen MR) is 91.3 cm³/mol. The fourth-order valence-electron chi connectivity index (χ4n) is 2.56. The Morgan fingerprint density at radius 3 is 2.38 bits per heavy atom. The molecular formula is C16H15ClF3N5O. The van der Waals surface area contributed by atoms with Gasteiger partial charge in [0.25, 0.3) is 0 Å². The van der Waals surface area contributed by atoms with E-state index in [9.17, 15) is 18.0 Å². The molecule has 0 aliphatic carbocycles. The number of carbonyl (C=O) groups is 1. The van der Waals surface area contributed by atoms with Crippen molar-refractivity contribution >= 4 is 29.3 Å². The number of rotatable bonds is 2. The van der Waals surface area contributed by atoms with Crippen molar-refractivity contribution < 1.29 is 18.0 Å². The SMILES string of the molecule is O=C(Nc1cc(C(F)(F)F)ccc1Cl)N1CCN(c2ncccn2)CC1. The number of nitrogens with one attached hydrogen (secondary N) is 1. The summed E-state index contributed by atoms with van der Waals surface area (Å²) >= 11 is 5.91. The molecule has 1 fully saturated rings. The highest BCUT2D eigenvalue weighted by Crippen LogP contribution is 2.33. The zero-order valence-electron chi connectivity index (χ0n) is 13.5. The maximum absolute atomic E-state index is 12.8. The molecule has 1 aliphatic heterocycles. The van der Waals surface area contributed by atoms with Crippen molar-refractivity contribution in [1.29, 1.82) is 0 Å². The summed E-state index contributed by atoms with van der Waals surface area (Å²) in [6.45, 7) is 1.82. The molecular weight excluding hydrogens is 371 g/mol. The molecule has 26 heavy (non-hydrogen) atoms. The average molecular weight is 386 g/mol. The van der Waals surface area contributed by atoms with E-state index in [0.717, 1.165) is 18.2 Å². The van der Waals surface area contributed by atoms with Gasteiger partial charge in [0.1, 0.15) is 0 Å². The number of aromatic nitrogens is 2. The van der Waals surface area contributed by atoms with E-state index in [1.165, 1.54) is 4.90 Å². The van der Waals surface area contributed by atoms with Crippen LogP contribution in [0.1, 0.15) is 5.56 Å². The van der Waals surface area contributed by atoms with Crippen molar-refractivity contribution in [2.24, 2.45) is 0 Å². The molecule has 6 nitrogen and oxygen atoms in total. The van der Waals surface area contributed by atoms with Gasteiger partial charge in [0.2, 0.25) is 5.95 Å². The standard InChI is InChI=1S/C16H15ClF3N5O/c17-12-3-2-11(16(18,19)20)10-13(12)23-15(26)25-8-6-24(7-9-25)14-21-4-1-5-22-14/h1-5,10H,6-9H2,(H,23,26). The molecule has 3 rings (SSSR count). The number of piperazine rings is 1. The van der Waals surface area contributed by atoms with Crippen LogP contribution in [-0.4, -0.2) is 47.1 Å². The largest absolute Gasteiger partial charge is 0.416 e. The van der Waals surface area contributed by atoms with Crippen LogP contribution in [0.5, 0.6) is 0 Å². The van der Waals surface area contributed by atoms with Gasteiger partial charge in [-0.1, -0.05) is 11.6 Å². The van der Waals surface area contributed by atoms with Crippen LogP contribution in [0.2, 0.25) is 5.02 Å². The van der Waals surface area contributed by atoms with Gasteiger partial charge in [-0.3, -0.25) is 0 Å². The molecule has 1 aromatic heterocycles. The van der Waals surface area contributed by atoms with Crippen LogP contribution in [0.4, 0.5) is 29.6 Å². The Balaban J connectivity index is 1.63. The number of carbonyl (C=O) groups excluding carboxylic acids is 1. The van der Waals surface area contributed by atoms with Crippen molar-refractivity contribution in [3.8, 4) is 0 Å². The van der Waals surface area contributed by atoms with Crippen LogP contribution < -0.4 is 10.2 Å². The van der Waals surface area contributed by atoms with Crippen LogP contribution >= 0.6 is 11.6 Å². The molecule has 0 atom stereocenters. The number of alkyl halides is 3. The Kier molecular flexibility index (Phi) is 5.17. The lowest BCUT2D eigenvalue weighted by atomic mass is 10.2. The molecule has 0 unspecified atom stereocenters. The topological polar surface area (TPSA) is 61.4 Å². The lowest BCUT2D eigenvalue weighted by Crippen LogP contribution is -2.50. The number of nitrogens with zero attached hydrogens (tertiary/aromatic N) is 4. The molecule has 10 heteroatoms. The van der Waals surface area contributed by atoms with Gasteiger partial charge in [-0.15, -0.1) is 0 Å². The number of urea groups is 1. The highest BCUT2D eigenvalue weighted by atomic mass is 35.5. The van der Waals surface area contributed by atoms with E-state index >= 15 is 0 Å².